The van der Waals surface area contributed by atoms with Gasteiger partial charge in [-0.05, 0) is 0 Å². The Labute approximate surface area is 62.5 Å². The van der Waals surface area contributed by atoms with Crippen LogP contribution in [0.4, 0.5) is 0 Å². The normalized spacial score (nSPS) is 2.67. The van der Waals surface area contributed by atoms with Crippen LogP contribution in [0.15, 0.2) is 0 Å². The van der Waals surface area contributed by atoms with Gasteiger partial charge in [0, 0.05) is 0 Å². The number of hydrogen-bond acceptors (Lipinski definition) is 3. The first-order valence-electron chi connectivity index (χ1n) is 0.463. The van der Waals surface area contributed by atoms with Gasteiger partial charge in [-0.3, -0.25) is 0 Å². The van der Waals surface area contributed by atoms with Crippen molar-refractivity contribution in [2.45, 2.75) is 0 Å². The van der Waals surface area contributed by atoms with Crippen LogP contribution in [0.3, 0.4) is 0 Å². The molecule has 0 aromatic rings. The average Bonchev–Trinajstić information content (AvgIpc) is 1.46. The number of hydrogen-bond donors (Lipinski definition) is 0. The van der Waals surface area contributed by atoms with E-state index in [1.807, 2.05) is 0 Å². The Hall–Kier alpha value is 1.04. The second-order valence-electron chi connectivity index (χ2n) is 0.0630. The summed E-state index contributed by atoms with van der Waals surface area (Å²) in [4.78, 5) is 0. The molecule has 0 fully saturated rings. The quantitative estimate of drug-likeness (QED) is 0.355. The molecule has 0 amide bonds. The van der Waals surface area contributed by atoms with E-state index in [9.17, 15) is 0 Å². The average molecular weight is 166 g/mol. The molecule has 0 atom stereocenters. The second kappa shape index (κ2) is 36.9. The van der Waals surface area contributed by atoms with E-state index in [1.165, 1.54) is 0 Å². The van der Waals surface area contributed by atoms with E-state index in [-0.39, 0.29) is 20.3 Å². The van der Waals surface area contributed by atoms with Gasteiger partial charge in [0.05, 0.1) is 0 Å². The fraction of sp³-hybridized carbons (Fsp3) is 0. The second-order valence-corrected chi connectivity index (χ2v) is 0.260. The topological polar surface area (TPSA) is 51.2 Å². The molecule has 0 aliphatic carbocycles. The van der Waals surface area contributed by atoms with Crippen LogP contribution < -0.4 is 18.9 Å². The van der Waals surface area contributed by atoms with Crippen molar-refractivity contribution in [1.82, 2.24) is 0 Å². The predicted octanol–water partition coefficient (Wildman–Crippen LogP) is -3.24. The van der Waals surface area contributed by atoms with Crippen molar-refractivity contribution in [2.24, 2.45) is 0 Å². The van der Waals surface area contributed by atoms with E-state index >= 15 is 0 Å². The maximum absolute atomic E-state index is 8.41. The van der Waals surface area contributed by atoms with Gasteiger partial charge in [-0.1, -0.05) is 0 Å². The van der Waals surface area contributed by atoms with E-state index in [0.29, 0.717) is 0 Å². The standard InChI is InChI=1S/Li.2Mn.3O.H/q+1;;;;;;-1. The molecule has 3 nitrogen and oxygen atoms in total. The van der Waals surface area contributed by atoms with Crippen molar-refractivity contribution in [3.8, 4) is 0 Å². The molecule has 0 unspecified atom stereocenters. The molecule has 0 N–H and O–H groups in total. The van der Waals surface area contributed by atoms with Crippen molar-refractivity contribution in [3.63, 3.8) is 0 Å². The summed E-state index contributed by atoms with van der Waals surface area (Å²) in [5.74, 6) is 0. The third-order valence-electron chi connectivity index (χ3n) is 0. The molecule has 0 heterocycles. The predicted molar refractivity (Wildman–Crippen MR) is 3.17 cm³/mol. The molecule has 34 valence electrons. The van der Waals surface area contributed by atoms with Crippen LogP contribution in [0, 0.1) is 0 Å². The first kappa shape index (κ1) is 15.7. The van der Waals surface area contributed by atoms with Crippen LogP contribution >= 0.6 is 0 Å². The van der Waals surface area contributed by atoms with Gasteiger partial charge in [0.1, 0.15) is 0 Å². The minimum atomic E-state index is -1.44. The maximum atomic E-state index is 8.41. The molecule has 6 heavy (non-hydrogen) atoms. The van der Waals surface area contributed by atoms with Gasteiger partial charge >= 0.3 is 61.1 Å². The summed E-state index contributed by atoms with van der Waals surface area (Å²) < 4.78 is 24.9. The van der Waals surface area contributed by atoms with Crippen LogP contribution in [0.2, 0.25) is 0 Å². The third kappa shape index (κ3) is 76.4. The summed E-state index contributed by atoms with van der Waals surface area (Å²) in [6.45, 7) is 0. The van der Waals surface area contributed by atoms with E-state index < -0.39 is 14.8 Å². The van der Waals surface area contributed by atoms with Gasteiger partial charge in [0.2, 0.25) is 0 Å². The molecule has 0 bridgehead atoms. The Morgan fingerprint density at radius 2 is 1.33 bits per heavy atom. The zero-order valence-electron chi connectivity index (χ0n) is 3.98. The SMILES string of the molecule is [H-].[Li+].[O]=[Mn].[O]=[Mn]=[O]. The van der Waals surface area contributed by atoms with Crippen LogP contribution in [0.1, 0.15) is 1.43 Å². The van der Waals surface area contributed by atoms with Crippen LogP contribution in [-0.2, 0) is 42.3 Å². The zero-order chi connectivity index (χ0) is 4.71. The van der Waals surface area contributed by atoms with Crippen molar-refractivity contribution in [1.29, 1.82) is 0 Å². The van der Waals surface area contributed by atoms with Crippen LogP contribution in [0.5, 0.6) is 0 Å². The molecule has 0 aliphatic heterocycles. The molecule has 6 heteroatoms. The van der Waals surface area contributed by atoms with E-state index in [0.717, 1.165) is 0 Å². The summed E-state index contributed by atoms with van der Waals surface area (Å²) in [5.41, 5.74) is 0. The minimum absolute atomic E-state index is 0. The van der Waals surface area contributed by atoms with Gasteiger partial charge in [-0.2, -0.15) is 0 Å². The molecular formula is HLiMn2O3. The molecule has 0 aliphatic rings. The van der Waals surface area contributed by atoms with Crippen molar-refractivity contribution >= 4 is 0 Å². The van der Waals surface area contributed by atoms with Crippen molar-refractivity contribution < 1.29 is 62.6 Å². The monoisotopic (exact) mass is 166 g/mol. The van der Waals surface area contributed by atoms with E-state index in [4.69, 9.17) is 11.5 Å². The van der Waals surface area contributed by atoms with E-state index in [1.54, 1.807) is 15.9 Å². The Morgan fingerprint density at radius 3 is 1.33 bits per heavy atom. The third-order valence-corrected chi connectivity index (χ3v) is 0. The van der Waals surface area contributed by atoms with Gasteiger partial charge in [-0.15, -0.1) is 0 Å². The van der Waals surface area contributed by atoms with Gasteiger partial charge < -0.3 is 1.43 Å². The first-order valence-corrected chi connectivity index (χ1v) is 1.91. The van der Waals surface area contributed by atoms with Gasteiger partial charge in [0.15, 0.2) is 0 Å². The molecule has 0 rings (SSSR count). The summed E-state index contributed by atoms with van der Waals surface area (Å²) in [6.07, 6.45) is 0. The Bertz CT molecular complexity index is 42.2. The Balaban J connectivity index is -0.0000000105. The Morgan fingerprint density at radius 1 is 1.33 bits per heavy atom. The number of rotatable bonds is 0. The molecule has 0 radical (unpaired) electrons. The molecule has 0 saturated carbocycles. The van der Waals surface area contributed by atoms with Crippen molar-refractivity contribution in [3.05, 3.63) is 0 Å². The summed E-state index contributed by atoms with van der Waals surface area (Å²) in [6, 6.07) is 0. The summed E-state index contributed by atoms with van der Waals surface area (Å²) in [5, 5.41) is 0. The van der Waals surface area contributed by atoms with Crippen molar-refractivity contribution in [2.75, 3.05) is 0 Å². The summed E-state index contributed by atoms with van der Waals surface area (Å²) >= 11 is 0.250. The fourth-order valence-corrected chi connectivity index (χ4v) is 0. The molecule has 0 spiro atoms. The summed E-state index contributed by atoms with van der Waals surface area (Å²) in [7, 11) is 0. The molecular weight excluding hydrogens is 165 g/mol. The molecule has 0 aromatic heterocycles. The van der Waals surface area contributed by atoms with Gasteiger partial charge in [-0.25, -0.2) is 0 Å². The van der Waals surface area contributed by atoms with Crippen LogP contribution in [0.25, 0.3) is 0 Å². The van der Waals surface area contributed by atoms with Gasteiger partial charge in [0.25, 0.3) is 0 Å². The molecule has 0 aromatic carbocycles. The molecule has 0 saturated heterocycles. The Kier molecular flexibility index (Phi) is 96.8. The van der Waals surface area contributed by atoms with E-state index in [2.05, 4.69) is 0 Å². The fourth-order valence-electron chi connectivity index (χ4n) is 0. The van der Waals surface area contributed by atoms with Crippen LogP contribution in [-0.4, -0.2) is 0 Å². The first-order chi connectivity index (χ1) is 2.41. The zero-order valence-corrected chi connectivity index (χ0v) is 5.34.